The fourth-order valence-corrected chi connectivity index (χ4v) is 3.65. The average Bonchev–Trinajstić information content (AvgIpc) is 2.63. The van der Waals surface area contributed by atoms with Gasteiger partial charge in [0, 0.05) is 5.69 Å². The Kier molecular flexibility index (Phi) is 3.43. The molecule has 3 rings (SSSR count). The molecule has 2 atom stereocenters. The Morgan fingerprint density at radius 2 is 2.24 bits per heavy atom. The van der Waals surface area contributed by atoms with Gasteiger partial charge in [0.1, 0.15) is 5.54 Å². The van der Waals surface area contributed by atoms with E-state index in [0.29, 0.717) is 12.5 Å². The molecule has 1 aromatic heterocycles. The van der Waals surface area contributed by atoms with Crippen molar-refractivity contribution in [2.75, 3.05) is 0 Å². The molecule has 0 bridgehead atoms. The fraction of sp³-hybridized carbons (Fsp3) is 0.562. The quantitative estimate of drug-likeness (QED) is 0.850. The lowest BCUT2D eigenvalue weighted by Crippen LogP contribution is -2.52. The first kappa shape index (κ1) is 14.0. The standard InChI is InChI=1S/C16H21N3O2/c1-11-5-4-8-16(9-11)14(20)18-15(21)19(16)10-13-7-3-6-12(2)17-13/h3,6-7,11H,4-5,8-10H2,1-2H3,(H,18,20,21). The van der Waals surface area contributed by atoms with Gasteiger partial charge in [0.2, 0.25) is 0 Å². The Morgan fingerprint density at radius 1 is 1.43 bits per heavy atom. The second-order valence-corrected chi connectivity index (χ2v) is 6.35. The third-order valence-corrected chi connectivity index (χ3v) is 4.64. The van der Waals surface area contributed by atoms with Crippen LogP contribution in [0.1, 0.15) is 44.0 Å². The van der Waals surface area contributed by atoms with Gasteiger partial charge in [-0.15, -0.1) is 0 Å². The van der Waals surface area contributed by atoms with Gasteiger partial charge in [-0.05, 0) is 37.8 Å². The molecule has 2 aliphatic rings. The summed E-state index contributed by atoms with van der Waals surface area (Å²) in [6, 6.07) is 5.49. The molecule has 1 aliphatic heterocycles. The largest absolute Gasteiger partial charge is 0.325 e. The molecule has 1 aliphatic carbocycles. The zero-order chi connectivity index (χ0) is 15.0. The van der Waals surface area contributed by atoms with Crippen LogP contribution in [0.15, 0.2) is 18.2 Å². The number of amides is 3. The first-order valence-corrected chi connectivity index (χ1v) is 7.57. The number of aryl methyl sites for hydroxylation is 1. The van der Waals surface area contributed by atoms with Gasteiger partial charge >= 0.3 is 6.03 Å². The summed E-state index contributed by atoms with van der Waals surface area (Å²) < 4.78 is 0. The van der Waals surface area contributed by atoms with Crippen LogP contribution in [-0.4, -0.2) is 27.4 Å². The molecule has 1 saturated heterocycles. The predicted octanol–water partition coefficient (Wildman–Crippen LogP) is 2.39. The predicted molar refractivity (Wildman–Crippen MR) is 78.4 cm³/mol. The first-order chi connectivity index (χ1) is 10.0. The molecule has 5 nitrogen and oxygen atoms in total. The molecule has 3 amide bonds. The van der Waals surface area contributed by atoms with E-state index in [0.717, 1.165) is 37.1 Å². The Hall–Kier alpha value is -1.91. The number of rotatable bonds is 2. The Morgan fingerprint density at radius 3 is 2.95 bits per heavy atom. The molecule has 5 heteroatoms. The molecule has 1 spiro atoms. The van der Waals surface area contributed by atoms with Crippen LogP contribution >= 0.6 is 0 Å². The molecule has 2 heterocycles. The lowest BCUT2D eigenvalue weighted by atomic mass is 9.75. The Labute approximate surface area is 124 Å². The lowest BCUT2D eigenvalue weighted by molar-refractivity contribution is -0.129. The minimum Gasteiger partial charge on any atom is -0.304 e. The van der Waals surface area contributed by atoms with Crippen molar-refractivity contribution in [3.63, 3.8) is 0 Å². The zero-order valence-electron chi connectivity index (χ0n) is 12.6. The van der Waals surface area contributed by atoms with Gasteiger partial charge in [0.05, 0.1) is 12.2 Å². The monoisotopic (exact) mass is 287 g/mol. The molecule has 1 saturated carbocycles. The fourth-order valence-electron chi connectivity index (χ4n) is 3.65. The minimum atomic E-state index is -0.666. The summed E-state index contributed by atoms with van der Waals surface area (Å²) in [5, 5.41) is 2.50. The van der Waals surface area contributed by atoms with Crippen molar-refractivity contribution in [2.24, 2.45) is 5.92 Å². The van der Waals surface area contributed by atoms with Gasteiger partial charge in [0.25, 0.3) is 5.91 Å². The molecule has 0 aromatic carbocycles. The van der Waals surface area contributed by atoms with Crippen molar-refractivity contribution in [3.8, 4) is 0 Å². The van der Waals surface area contributed by atoms with Gasteiger partial charge in [-0.1, -0.05) is 25.8 Å². The molecule has 2 fully saturated rings. The van der Waals surface area contributed by atoms with E-state index in [1.165, 1.54) is 0 Å². The summed E-state index contributed by atoms with van der Waals surface area (Å²) in [6.45, 7) is 4.48. The summed E-state index contributed by atoms with van der Waals surface area (Å²) >= 11 is 0. The highest BCUT2D eigenvalue weighted by atomic mass is 16.2. The number of nitrogens with zero attached hydrogens (tertiary/aromatic N) is 2. The van der Waals surface area contributed by atoms with Crippen LogP contribution in [0.25, 0.3) is 0 Å². The molecule has 2 unspecified atom stereocenters. The van der Waals surface area contributed by atoms with Crippen molar-refractivity contribution < 1.29 is 9.59 Å². The second kappa shape index (κ2) is 5.13. The summed E-state index contributed by atoms with van der Waals surface area (Å²) in [5.74, 6) is 0.329. The highest BCUT2D eigenvalue weighted by Crippen LogP contribution is 2.40. The highest BCUT2D eigenvalue weighted by molar-refractivity contribution is 6.07. The van der Waals surface area contributed by atoms with Crippen molar-refractivity contribution in [1.82, 2.24) is 15.2 Å². The van der Waals surface area contributed by atoms with Crippen molar-refractivity contribution in [2.45, 2.75) is 51.6 Å². The maximum absolute atomic E-state index is 12.4. The lowest BCUT2D eigenvalue weighted by Gasteiger charge is -2.40. The number of aromatic nitrogens is 1. The summed E-state index contributed by atoms with van der Waals surface area (Å²) in [7, 11) is 0. The van der Waals surface area contributed by atoms with Crippen LogP contribution in [0.4, 0.5) is 4.79 Å². The second-order valence-electron chi connectivity index (χ2n) is 6.35. The van der Waals surface area contributed by atoms with Crippen molar-refractivity contribution >= 4 is 11.9 Å². The van der Waals surface area contributed by atoms with Gasteiger partial charge < -0.3 is 4.90 Å². The van der Waals surface area contributed by atoms with E-state index in [2.05, 4.69) is 17.2 Å². The molecule has 1 aromatic rings. The Balaban J connectivity index is 1.90. The van der Waals surface area contributed by atoms with E-state index < -0.39 is 5.54 Å². The molecule has 0 radical (unpaired) electrons. The topological polar surface area (TPSA) is 62.3 Å². The van der Waals surface area contributed by atoms with Crippen molar-refractivity contribution in [1.29, 1.82) is 0 Å². The number of carbonyl (C=O) groups is 2. The molecule has 1 N–H and O–H groups in total. The third-order valence-electron chi connectivity index (χ3n) is 4.64. The minimum absolute atomic E-state index is 0.133. The van der Waals surface area contributed by atoms with E-state index in [1.807, 2.05) is 25.1 Å². The van der Waals surface area contributed by atoms with Crippen LogP contribution in [0.5, 0.6) is 0 Å². The van der Waals surface area contributed by atoms with E-state index in [1.54, 1.807) is 4.90 Å². The zero-order valence-corrected chi connectivity index (χ0v) is 12.6. The van der Waals surface area contributed by atoms with Crippen LogP contribution in [0.3, 0.4) is 0 Å². The average molecular weight is 287 g/mol. The maximum atomic E-state index is 12.4. The maximum Gasteiger partial charge on any atom is 0.325 e. The van der Waals surface area contributed by atoms with Crippen LogP contribution < -0.4 is 5.32 Å². The van der Waals surface area contributed by atoms with Crippen LogP contribution in [0.2, 0.25) is 0 Å². The number of carbonyl (C=O) groups excluding carboxylic acids is 2. The SMILES string of the molecule is Cc1cccc(CN2C(=O)NC(=O)C23CCCC(C)C3)n1. The number of pyridine rings is 1. The van der Waals surface area contributed by atoms with Gasteiger partial charge in [-0.25, -0.2) is 4.79 Å². The van der Waals surface area contributed by atoms with Gasteiger partial charge in [0.15, 0.2) is 0 Å². The number of hydrogen-bond acceptors (Lipinski definition) is 3. The number of nitrogens with one attached hydrogen (secondary N) is 1. The molecule has 21 heavy (non-hydrogen) atoms. The number of urea groups is 1. The van der Waals surface area contributed by atoms with Gasteiger partial charge in [-0.3, -0.25) is 15.1 Å². The summed E-state index contributed by atoms with van der Waals surface area (Å²) in [5.41, 5.74) is 1.09. The third kappa shape index (κ3) is 2.41. The Bertz CT molecular complexity index is 587. The van der Waals surface area contributed by atoms with Crippen molar-refractivity contribution in [3.05, 3.63) is 29.6 Å². The van der Waals surface area contributed by atoms with Crippen LogP contribution in [-0.2, 0) is 11.3 Å². The number of hydrogen-bond donors (Lipinski definition) is 1. The van der Waals surface area contributed by atoms with E-state index in [9.17, 15) is 9.59 Å². The molecule has 112 valence electrons. The van der Waals surface area contributed by atoms with E-state index in [4.69, 9.17) is 0 Å². The van der Waals surface area contributed by atoms with E-state index >= 15 is 0 Å². The summed E-state index contributed by atoms with van der Waals surface area (Å²) in [6.07, 6.45) is 3.61. The molecular weight excluding hydrogens is 266 g/mol. The number of imide groups is 1. The molecular formula is C16H21N3O2. The smallest absolute Gasteiger partial charge is 0.304 e. The van der Waals surface area contributed by atoms with Crippen LogP contribution in [0, 0.1) is 12.8 Å². The van der Waals surface area contributed by atoms with Gasteiger partial charge in [-0.2, -0.15) is 0 Å². The summed E-state index contributed by atoms with van der Waals surface area (Å²) in [4.78, 5) is 30.8. The first-order valence-electron chi connectivity index (χ1n) is 7.57. The highest BCUT2D eigenvalue weighted by Gasteiger charge is 2.54. The normalized spacial score (nSPS) is 29.0. The van der Waals surface area contributed by atoms with E-state index in [-0.39, 0.29) is 11.9 Å².